The highest BCUT2D eigenvalue weighted by atomic mass is 19.4. The lowest BCUT2D eigenvalue weighted by Crippen LogP contribution is -2.37. The summed E-state index contributed by atoms with van der Waals surface area (Å²) in [6.45, 7) is 0. The lowest BCUT2D eigenvalue weighted by molar-refractivity contribution is -0.138. The minimum absolute atomic E-state index is 0.219. The van der Waals surface area contributed by atoms with Gasteiger partial charge in [-0.3, -0.25) is 4.40 Å². The molecule has 2 aromatic heterocycles. The third-order valence-corrected chi connectivity index (χ3v) is 6.86. The minimum Gasteiger partial charge on any atom is -0.490 e. The molecule has 0 unspecified atom stereocenters. The molecule has 5 rings (SSSR count). The van der Waals surface area contributed by atoms with Crippen LogP contribution in [0.2, 0.25) is 0 Å². The van der Waals surface area contributed by atoms with Crippen molar-refractivity contribution >= 4 is 5.65 Å². The van der Waals surface area contributed by atoms with E-state index in [1.807, 2.05) is 0 Å². The first-order valence-electron chi connectivity index (χ1n) is 11.2. The van der Waals surface area contributed by atoms with Crippen LogP contribution < -0.4 is 4.74 Å². The molecule has 0 N–H and O–H groups in total. The van der Waals surface area contributed by atoms with Crippen LogP contribution >= 0.6 is 0 Å². The summed E-state index contributed by atoms with van der Waals surface area (Å²) in [5.74, 6) is 0.474. The van der Waals surface area contributed by atoms with Gasteiger partial charge in [0.25, 0.3) is 0 Å². The topological polar surface area (TPSA) is 48.7 Å². The maximum Gasteiger partial charge on any atom is 0.423 e. The van der Waals surface area contributed by atoms with E-state index in [-0.39, 0.29) is 17.2 Å². The Labute approximate surface area is 188 Å². The first-order chi connectivity index (χ1) is 15.8. The van der Waals surface area contributed by atoms with Crippen LogP contribution in [0.15, 0.2) is 36.5 Å². The molecular formula is C24H25F4N3O2. The van der Waals surface area contributed by atoms with E-state index >= 15 is 0 Å². The highest BCUT2D eigenvalue weighted by Gasteiger charge is 2.41. The molecule has 2 heterocycles. The van der Waals surface area contributed by atoms with Crippen molar-refractivity contribution in [3.63, 3.8) is 0 Å². The van der Waals surface area contributed by atoms with Crippen molar-refractivity contribution in [3.8, 4) is 5.75 Å². The van der Waals surface area contributed by atoms with Gasteiger partial charge >= 0.3 is 6.18 Å². The van der Waals surface area contributed by atoms with Crippen LogP contribution in [0.5, 0.6) is 5.75 Å². The average molecular weight is 463 g/mol. The zero-order valence-corrected chi connectivity index (χ0v) is 18.2. The Bertz CT molecular complexity index is 1130. The average Bonchev–Trinajstić information content (AvgIpc) is 3.52. The number of benzene rings is 1. The molecule has 0 radical (unpaired) electrons. The number of ether oxygens (including phenoxy) is 2. The Morgan fingerprint density at radius 3 is 2.33 bits per heavy atom. The number of alkyl halides is 3. The third-order valence-electron chi connectivity index (χ3n) is 6.86. The maximum absolute atomic E-state index is 14.0. The van der Waals surface area contributed by atoms with E-state index in [4.69, 9.17) is 9.47 Å². The summed E-state index contributed by atoms with van der Waals surface area (Å²) < 4.78 is 68.6. The van der Waals surface area contributed by atoms with Crippen LogP contribution in [0.3, 0.4) is 0 Å². The van der Waals surface area contributed by atoms with E-state index in [0.717, 1.165) is 18.4 Å². The van der Waals surface area contributed by atoms with Crippen LogP contribution in [0, 0.1) is 11.7 Å². The van der Waals surface area contributed by atoms with Gasteiger partial charge in [-0.2, -0.15) is 13.2 Å². The van der Waals surface area contributed by atoms with E-state index in [0.29, 0.717) is 43.8 Å². The minimum atomic E-state index is -4.62. The second-order valence-electron chi connectivity index (χ2n) is 9.03. The van der Waals surface area contributed by atoms with Crippen LogP contribution in [0.4, 0.5) is 17.6 Å². The fourth-order valence-electron chi connectivity index (χ4n) is 4.79. The van der Waals surface area contributed by atoms with Gasteiger partial charge in [-0.1, -0.05) is 12.1 Å². The molecule has 2 aliphatic rings. The molecule has 2 fully saturated rings. The van der Waals surface area contributed by atoms with Crippen LogP contribution in [-0.4, -0.2) is 27.8 Å². The third kappa shape index (κ3) is 4.30. The number of fused-ring (bicyclic) bond motifs is 1. The summed E-state index contributed by atoms with van der Waals surface area (Å²) >= 11 is 0. The van der Waals surface area contributed by atoms with Crippen molar-refractivity contribution in [3.05, 3.63) is 59.3 Å². The van der Waals surface area contributed by atoms with Crippen molar-refractivity contribution in [2.75, 3.05) is 7.11 Å². The number of pyridine rings is 1. The van der Waals surface area contributed by atoms with E-state index in [9.17, 15) is 17.6 Å². The molecule has 9 heteroatoms. The van der Waals surface area contributed by atoms with Gasteiger partial charge < -0.3 is 9.47 Å². The smallest absolute Gasteiger partial charge is 0.423 e. The number of rotatable bonds is 6. The van der Waals surface area contributed by atoms with Gasteiger partial charge in [-0.25, -0.2) is 4.39 Å². The molecule has 2 aliphatic carbocycles. The number of hydrogen-bond acceptors (Lipinski definition) is 4. The first-order valence-corrected chi connectivity index (χ1v) is 11.2. The second kappa shape index (κ2) is 8.27. The molecule has 0 bridgehead atoms. The lowest BCUT2D eigenvalue weighted by atomic mass is 9.78. The van der Waals surface area contributed by atoms with Crippen molar-refractivity contribution in [2.24, 2.45) is 5.92 Å². The van der Waals surface area contributed by atoms with Gasteiger partial charge in [0.2, 0.25) is 0 Å². The molecule has 0 saturated heterocycles. The predicted molar refractivity (Wildman–Crippen MR) is 112 cm³/mol. The maximum atomic E-state index is 14.0. The quantitative estimate of drug-likeness (QED) is 0.440. The van der Waals surface area contributed by atoms with E-state index < -0.39 is 23.4 Å². The number of nitrogens with zero attached hydrogens (tertiary/aromatic N) is 3. The zero-order chi connectivity index (χ0) is 23.2. The summed E-state index contributed by atoms with van der Waals surface area (Å²) in [4.78, 5) is 0. The van der Waals surface area contributed by atoms with Gasteiger partial charge in [0.15, 0.2) is 5.65 Å². The Kier molecular flexibility index (Phi) is 5.55. The fraction of sp³-hybridized carbons (Fsp3) is 0.500. The Balaban J connectivity index is 1.37. The van der Waals surface area contributed by atoms with Gasteiger partial charge in [-0.05, 0) is 68.2 Å². The van der Waals surface area contributed by atoms with Crippen molar-refractivity contribution < 1.29 is 27.0 Å². The van der Waals surface area contributed by atoms with E-state index in [1.54, 1.807) is 25.4 Å². The van der Waals surface area contributed by atoms with Gasteiger partial charge in [0, 0.05) is 19.7 Å². The summed E-state index contributed by atoms with van der Waals surface area (Å²) in [5, 5.41) is 7.89. The second-order valence-corrected chi connectivity index (χ2v) is 9.03. The monoisotopic (exact) mass is 463 g/mol. The molecule has 0 spiro atoms. The molecule has 33 heavy (non-hydrogen) atoms. The fourth-order valence-corrected chi connectivity index (χ4v) is 4.79. The molecule has 0 amide bonds. The normalized spacial score (nSPS) is 23.7. The lowest BCUT2D eigenvalue weighted by Gasteiger charge is -2.39. The summed E-state index contributed by atoms with van der Waals surface area (Å²) in [5.41, 5.74) is -0.852. The Hall–Kier alpha value is -2.68. The number of methoxy groups -OCH3 is 1. The first kappa shape index (κ1) is 22.1. The molecule has 0 atom stereocenters. The van der Waals surface area contributed by atoms with Crippen molar-refractivity contribution in [2.45, 2.75) is 62.8 Å². The number of halogens is 4. The predicted octanol–water partition coefficient (Wildman–Crippen LogP) is 5.70. The molecule has 2 saturated carbocycles. The van der Waals surface area contributed by atoms with Gasteiger partial charge in [0.1, 0.15) is 23.0 Å². The number of hydrogen-bond donors (Lipinski definition) is 0. The summed E-state index contributed by atoms with van der Waals surface area (Å²) in [7, 11) is 1.60. The van der Waals surface area contributed by atoms with E-state index in [1.165, 1.54) is 22.6 Å². The van der Waals surface area contributed by atoms with E-state index in [2.05, 4.69) is 10.2 Å². The van der Waals surface area contributed by atoms with Crippen LogP contribution in [0.25, 0.3) is 5.65 Å². The summed E-state index contributed by atoms with van der Waals surface area (Å²) in [6.07, 6.45) is 1.45. The summed E-state index contributed by atoms with van der Waals surface area (Å²) in [6, 6.07) is 7.54. The zero-order valence-electron chi connectivity index (χ0n) is 18.2. The molecule has 0 aliphatic heterocycles. The SMILES string of the molecule is CO[C@]1(c2ccc(F)cc2)CC[C@@H](Oc2ccn3c(CC4CC4)nnc3c2C(F)(F)F)CC1. The highest BCUT2D eigenvalue weighted by molar-refractivity contribution is 5.57. The Morgan fingerprint density at radius 1 is 1.03 bits per heavy atom. The number of aromatic nitrogens is 3. The van der Waals surface area contributed by atoms with Gasteiger partial charge in [0.05, 0.1) is 11.7 Å². The van der Waals surface area contributed by atoms with Gasteiger partial charge in [-0.15, -0.1) is 10.2 Å². The van der Waals surface area contributed by atoms with Crippen molar-refractivity contribution in [1.29, 1.82) is 0 Å². The van der Waals surface area contributed by atoms with Crippen LogP contribution in [-0.2, 0) is 22.9 Å². The van der Waals surface area contributed by atoms with Crippen LogP contribution in [0.1, 0.15) is 55.5 Å². The standard InChI is InChI=1S/C24H25F4N3O2/c1-32-23(16-4-6-17(25)7-5-16)11-8-18(9-12-23)33-19-10-13-31-20(14-15-2-3-15)29-30-22(31)21(19)24(26,27)28/h4-7,10,13,15,18H,2-3,8-9,11-12,14H2,1H3/t18-,23-. The molecule has 3 aromatic rings. The van der Waals surface area contributed by atoms with Crippen molar-refractivity contribution in [1.82, 2.24) is 14.6 Å². The molecule has 5 nitrogen and oxygen atoms in total. The largest absolute Gasteiger partial charge is 0.490 e. The highest BCUT2D eigenvalue weighted by Crippen LogP contribution is 2.44. The molecule has 1 aromatic carbocycles. The molecule has 176 valence electrons. The molecular weight excluding hydrogens is 438 g/mol. The Morgan fingerprint density at radius 2 is 1.73 bits per heavy atom.